The number of hydrogen-bond donors (Lipinski definition) is 1. The molecule has 0 heterocycles. The monoisotopic (exact) mass is 178 g/mol. The molecule has 2 unspecified atom stereocenters. The molecule has 2 heteroatoms. The minimum absolute atomic E-state index is 0.322. The van der Waals surface area contributed by atoms with Gasteiger partial charge in [0.15, 0.2) is 0 Å². The maximum absolute atomic E-state index is 8.68. The number of rotatable bonds is 1. The molecular formula is C6H11BrO. The molecule has 0 amide bonds. The fraction of sp³-hybridized carbons (Fsp3) is 1.00. The molecule has 2 atom stereocenters. The standard InChI is InChI=1S/C6H11BrO/c1-6(2)4(3-8)5(6)7/h4-5,8H,3H2,1-2H3. The summed E-state index contributed by atoms with van der Waals surface area (Å²) in [6.07, 6.45) is 0. The van der Waals surface area contributed by atoms with Gasteiger partial charge in [0.05, 0.1) is 0 Å². The van der Waals surface area contributed by atoms with Crippen LogP contribution in [0.5, 0.6) is 0 Å². The van der Waals surface area contributed by atoms with E-state index in [9.17, 15) is 0 Å². The highest BCUT2D eigenvalue weighted by atomic mass is 79.9. The minimum atomic E-state index is 0.322. The normalized spacial score (nSPS) is 42.0. The molecule has 1 nitrogen and oxygen atoms in total. The Kier molecular flexibility index (Phi) is 1.40. The molecule has 0 aromatic heterocycles. The zero-order valence-electron chi connectivity index (χ0n) is 5.19. The second kappa shape index (κ2) is 1.71. The first-order valence-corrected chi connectivity index (χ1v) is 3.77. The quantitative estimate of drug-likeness (QED) is 0.603. The van der Waals surface area contributed by atoms with E-state index < -0.39 is 0 Å². The van der Waals surface area contributed by atoms with E-state index in [2.05, 4.69) is 29.8 Å². The number of aliphatic hydroxyl groups is 1. The van der Waals surface area contributed by atoms with Crippen molar-refractivity contribution in [3.8, 4) is 0 Å². The van der Waals surface area contributed by atoms with Crippen molar-refractivity contribution >= 4 is 15.9 Å². The Hall–Kier alpha value is 0.440. The van der Waals surface area contributed by atoms with Crippen LogP contribution in [0.2, 0.25) is 0 Å². The Morgan fingerprint density at radius 2 is 2.00 bits per heavy atom. The summed E-state index contributed by atoms with van der Waals surface area (Å²) in [5.41, 5.74) is 0.342. The summed E-state index contributed by atoms with van der Waals surface area (Å²) in [6, 6.07) is 0. The van der Waals surface area contributed by atoms with Crippen LogP contribution in [-0.2, 0) is 0 Å². The van der Waals surface area contributed by atoms with Crippen molar-refractivity contribution in [3.05, 3.63) is 0 Å². The zero-order valence-corrected chi connectivity index (χ0v) is 6.77. The third kappa shape index (κ3) is 0.705. The predicted molar refractivity (Wildman–Crippen MR) is 37.1 cm³/mol. The van der Waals surface area contributed by atoms with E-state index in [1.54, 1.807) is 0 Å². The fourth-order valence-corrected chi connectivity index (χ4v) is 2.04. The molecule has 8 heavy (non-hydrogen) atoms. The lowest BCUT2D eigenvalue weighted by molar-refractivity contribution is 0.258. The Morgan fingerprint density at radius 3 is 2.00 bits per heavy atom. The lowest BCUT2D eigenvalue weighted by Gasteiger charge is -1.95. The molecular weight excluding hydrogens is 168 g/mol. The second-order valence-electron chi connectivity index (χ2n) is 3.01. The van der Waals surface area contributed by atoms with E-state index in [4.69, 9.17) is 5.11 Å². The van der Waals surface area contributed by atoms with E-state index in [0.29, 0.717) is 22.8 Å². The molecule has 1 aliphatic carbocycles. The molecule has 0 radical (unpaired) electrons. The number of hydrogen-bond acceptors (Lipinski definition) is 1. The average Bonchev–Trinajstić information content (AvgIpc) is 2.09. The third-order valence-corrected chi connectivity index (χ3v) is 3.93. The summed E-state index contributed by atoms with van der Waals surface area (Å²) in [5, 5.41) is 8.68. The van der Waals surface area contributed by atoms with Crippen LogP contribution in [0.3, 0.4) is 0 Å². The molecule has 0 aromatic rings. The molecule has 1 N–H and O–H groups in total. The van der Waals surface area contributed by atoms with Gasteiger partial charge in [-0.25, -0.2) is 0 Å². The van der Waals surface area contributed by atoms with Gasteiger partial charge in [-0.3, -0.25) is 0 Å². The van der Waals surface area contributed by atoms with Crippen molar-refractivity contribution in [1.82, 2.24) is 0 Å². The lowest BCUT2D eigenvalue weighted by Crippen LogP contribution is -1.93. The second-order valence-corrected chi connectivity index (χ2v) is 4.00. The summed E-state index contributed by atoms with van der Waals surface area (Å²) in [5.74, 6) is 0.488. The van der Waals surface area contributed by atoms with Crippen LogP contribution in [0, 0.1) is 11.3 Å². The van der Waals surface area contributed by atoms with Crippen LogP contribution >= 0.6 is 15.9 Å². The summed E-state index contributed by atoms with van der Waals surface area (Å²) in [6.45, 7) is 4.64. The molecule has 1 rings (SSSR count). The lowest BCUT2D eigenvalue weighted by atomic mass is 10.1. The van der Waals surface area contributed by atoms with Gasteiger partial charge in [-0.05, 0) is 5.41 Å². The van der Waals surface area contributed by atoms with E-state index in [0.717, 1.165) is 0 Å². The van der Waals surface area contributed by atoms with Crippen LogP contribution in [-0.4, -0.2) is 16.5 Å². The highest BCUT2D eigenvalue weighted by molar-refractivity contribution is 9.09. The molecule has 0 aromatic carbocycles. The first-order valence-electron chi connectivity index (χ1n) is 2.85. The van der Waals surface area contributed by atoms with Crippen molar-refractivity contribution in [2.24, 2.45) is 11.3 Å². The number of halogens is 1. The average molecular weight is 179 g/mol. The van der Waals surface area contributed by atoms with Gasteiger partial charge in [0.1, 0.15) is 0 Å². The summed E-state index contributed by atoms with van der Waals surface area (Å²) in [4.78, 5) is 0.542. The topological polar surface area (TPSA) is 20.2 Å². The molecule has 48 valence electrons. The van der Waals surface area contributed by atoms with Gasteiger partial charge >= 0.3 is 0 Å². The Balaban J connectivity index is 2.45. The summed E-state index contributed by atoms with van der Waals surface area (Å²) >= 11 is 3.47. The molecule has 1 aliphatic rings. The van der Waals surface area contributed by atoms with Gasteiger partial charge in [0, 0.05) is 17.4 Å². The first kappa shape index (κ1) is 6.56. The van der Waals surface area contributed by atoms with Crippen molar-refractivity contribution in [3.63, 3.8) is 0 Å². The Labute approximate surface area is 58.2 Å². The SMILES string of the molecule is CC1(C)C(Br)C1CO. The highest BCUT2D eigenvalue weighted by Crippen LogP contribution is 2.56. The van der Waals surface area contributed by atoms with Crippen LogP contribution in [0.25, 0.3) is 0 Å². The Morgan fingerprint density at radius 1 is 1.62 bits per heavy atom. The summed E-state index contributed by atoms with van der Waals surface area (Å²) in [7, 11) is 0. The maximum atomic E-state index is 8.68. The van der Waals surface area contributed by atoms with Crippen LogP contribution < -0.4 is 0 Å². The van der Waals surface area contributed by atoms with Gasteiger partial charge < -0.3 is 5.11 Å². The van der Waals surface area contributed by atoms with Crippen LogP contribution in [0.15, 0.2) is 0 Å². The Bertz CT molecular complexity index is 101. The molecule has 0 saturated heterocycles. The van der Waals surface area contributed by atoms with Gasteiger partial charge in [0.2, 0.25) is 0 Å². The number of aliphatic hydroxyl groups excluding tert-OH is 1. The third-order valence-electron chi connectivity index (χ3n) is 2.11. The van der Waals surface area contributed by atoms with Gasteiger partial charge in [0.25, 0.3) is 0 Å². The largest absolute Gasteiger partial charge is 0.396 e. The van der Waals surface area contributed by atoms with Gasteiger partial charge in [-0.1, -0.05) is 29.8 Å². The first-order chi connectivity index (χ1) is 3.60. The molecule has 1 saturated carbocycles. The van der Waals surface area contributed by atoms with Crippen molar-refractivity contribution in [1.29, 1.82) is 0 Å². The molecule has 0 spiro atoms. The van der Waals surface area contributed by atoms with Crippen molar-refractivity contribution < 1.29 is 5.11 Å². The highest BCUT2D eigenvalue weighted by Gasteiger charge is 2.55. The van der Waals surface area contributed by atoms with E-state index in [-0.39, 0.29) is 0 Å². The number of alkyl halides is 1. The van der Waals surface area contributed by atoms with Gasteiger partial charge in [-0.2, -0.15) is 0 Å². The molecule has 0 aliphatic heterocycles. The van der Waals surface area contributed by atoms with E-state index in [1.807, 2.05) is 0 Å². The zero-order chi connectivity index (χ0) is 6.36. The maximum Gasteiger partial charge on any atom is 0.0475 e. The van der Waals surface area contributed by atoms with E-state index in [1.165, 1.54) is 0 Å². The van der Waals surface area contributed by atoms with Crippen LogP contribution in [0.1, 0.15) is 13.8 Å². The van der Waals surface area contributed by atoms with Crippen molar-refractivity contribution in [2.75, 3.05) is 6.61 Å². The smallest absolute Gasteiger partial charge is 0.0475 e. The van der Waals surface area contributed by atoms with E-state index >= 15 is 0 Å². The summed E-state index contributed by atoms with van der Waals surface area (Å²) < 4.78 is 0. The van der Waals surface area contributed by atoms with Gasteiger partial charge in [-0.15, -0.1) is 0 Å². The minimum Gasteiger partial charge on any atom is -0.396 e. The predicted octanol–water partition coefficient (Wildman–Crippen LogP) is 1.40. The fourth-order valence-electron chi connectivity index (χ4n) is 1.01. The van der Waals surface area contributed by atoms with Crippen LogP contribution in [0.4, 0.5) is 0 Å². The molecule has 0 bridgehead atoms. The van der Waals surface area contributed by atoms with Crippen molar-refractivity contribution in [2.45, 2.75) is 18.7 Å². The molecule has 1 fully saturated rings.